The van der Waals surface area contributed by atoms with Crippen LogP contribution in [0.3, 0.4) is 0 Å². The number of para-hydroxylation sites is 1. The predicted molar refractivity (Wildman–Crippen MR) is 105 cm³/mol. The van der Waals surface area contributed by atoms with E-state index in [1.54, 1.807) is 23.3 Å². The van der Waals surface area contributed by atoms with Gasteiger partial charge in [-0.3, -0.25) is 4.79 Å². The molecule has 0 bridgehead atoms. The van der Waals surface area contributed by atoms with E-state index < -0.39 is 0 Å². The summed E-state index contributed by atoms with van der Waals surface area (Å²) < 4.78 is 6.48. The number of carbonyl (C=O) groups is 1. The van der Waals surface area contributed by atoms with Crippen molar-refractivity contribution in [2.75, 3.05) is 33.2 Å². The van der Waals surface area contributed by atoms with E-state index in [-0.39, 0.29) is 11.9 Å². The molecule has 2 heterocycles. The number of methoxy groups -OCH3 is 1. The van der Waals surface area contributed by atoms with Gasteiger partial charge < -0.3 is 14.5 Å². The van der Waals surface area contributed by atoms with Crippen LogP contribution in [0.5, 0.6) is 5.75 Å². The predicted octanol–water partition coefficient (Wildman–Crippen LogP) is 4.27. The summed E-state index contributed by atoms with van der Waals surface area (Å²) in [6, 6.07) is 9.65. The lowest BCUT2D eigenvalue weighted by atomic mass is 10.1. The third-order valence-electron chi connectivity index (χ3n) is 4.16. The van der Waals surface area contributed by atoms with E-state index in [1.807, 2.05) is 63.3 Å². The molecule has 0 aliphatic carbocycles. The Morgan fingerprint density at radius 3 is 2.56 bits per heavy atom. The van der Waals surface area contributed by atoms with E-state index in [9.17, 15) is 4.79 Å². The maximum atomic E-state index is 12.9. The second-order valence-electron chi connectivity index (χ2n) is 6.00. The van der Waals surface area contributed by atoms with E-state index in [0.717, 1.165) is 26.0 Å². The Morgan fingerprint density at radius 2 is 1.92 bits per heavy atom. The Kier molecular flexibility index (Phi) is 4.96. The van der Waals surface area contributed by atoms with Crippen LogP contribution in [-0.2, 0) is 0 Å². The molecule has 0 radical (unpaired) electrons. The Hall–Kier alpha value is -2.12. The van der Waals surface area contributed by atoms with E-state index in [1.165, 1.54) is 11.3 Å². The first-order valence-electron chi connectivity index (χ1n) is 7.90. The minimum Gasteiger partial charge on any atom is -0.496 e. The molecular weight excluding hydrogens is 354 g/mol. The number of fused-ring (bicyclic) bond motifs is 1. The van der Waals surface area contributed by atoms with E-state index in [0.29, 0.717) is 4.88 Å². The number of nitrogens with zero attached hydrogens (tertiary/aromatic N) is 3. The summed E-state index contributed by atoms with van der Waals surface area (Å²) in [6.45, 7) is 2.01. The van der Waals surface area contributed by atoms with Crippen molar-refractivity contribution in [3.63, 3.8) is 0 Å². The van der Waals surface area contributed by atoms with Crippen molar-refractivity contribution >= 4 is 43.2 Å². The average Bonchev–Trinajstić information content (AvgIpc) is 3.18. The van der Waals surface area contributed by atoms with E-state index >= 15 is 0 Å². The van der Waals surface area contributed by atoms with Gasteiger partial charge in [0.1, 0.15) is 10.6 Å². The van der Waals surface area contributed by atoms with Crippen molar-refractivity contribution in [1.82, 2.24) is 9.88 Å². The number of hydrogen-bond donors (Lipinski definition) is 0. The Balaban J connectivity index is 1.85. The monoisotopic (exact) mass is 375 g/mol. The number of ether oxygens (including phenoxy) is 1. The maximum Gasteiger partial charge on any atom is 0.264 e. The number of hydrogen-bond acceptors (Lipinski definition) is 6. The third kappa shape index (κ3) is 3.34. The summed E-state index contributed by atoms with van der Waals surface area (Å²) in [7, 11) is 7.41. The van der Waals surface area contributed by atoms with Crippen LogP contribution in [0.2, 0.25) is 0 Å². The van der Waals surface area contributed by atoms with E-state index in [4.69, 9.17) is 4.74 Å². The number of amides is 1. The zero-order valence-electron chi connectivity index (χ0n) is 14.9. The maximum absolute atomic E-state index is 12.9. The van der Waals surface area contributed by atoms with Crippen LogP contribution in [-0.4, -0.2) is 44.0 Å². The summed E-state index contributed by atoms with van der Waals surface area (Å²) in [5.74, 6) is 0.791. The van der Waals surface area contributed by atoms with Crippen LogP contribution in [0.15, 0.2) is 30.3 Å². The largest absolute Gasteiger partial charge is 0.496 e. The molecule has 0 aliphatic heterocycles. The summed E-state index contributed by atoms with van der Waals surface area (Å²) >= 11 is 3.05. The summed E-state index contributed by atoms with van der Waals surface area (Å²) in [5.41, 5.74) is 0.993. The fraction of sp³-hybridized carbons (Fsp3) is 0.333. The van der Waals surface area contributed by atoms with Crippen molar-refractivity contribution in [1.29, 1.82) is 0 Å². The molecule has 25 heavy (non-hydrogen) atoms. The Morgan fingerprint density at radius 1 is 1.20 bits per heavy atom. The van der Waals surface area contributed by atoms with Gasteiger partial charge in [-0.2, -0.15) is 0 Å². The molecule has 0 saturated heterocycles. The molecule has 1 atom stereocenters. The number of anilines is 1. The van der Waals surface area contributed by atoms with Crippen LogP contribution in [0.4, 0.5) is 5.13 Å². The van der Waals surface area contributed by atoms with Crippen molar-refractivity contribution in [3.8, 4) is 5.75 Å². The molecule has 0 spiro atoms. The van der Waals surface area contributed by atoms with Crippen LogP contribution in [0.25, 0.3) is 9.53 Å². The SMILES string of the molecule is COc1ccccc1[C@H](C)N(C)C(=O)c1cc2sc(N(C)C)nc2s1. The molecule has 132 valence electrons. The zero-order chi connectivity index (χ0) is 18.1. The van der Waals surface area contributed by atoms with Crippen molar-refractivity contribution in [2.45, 2.75) is 13.0 Å². The second kappa shape index (κ2) is 7.01. The smallest absolute Gasteiger partial charge is 0.264 e. The number of thiazole rings is 1. The lowest BCUT2D eigenvalue weighted by molar-refractivity contribution is 0.0746. The standard InChI is InChI=1S/C18H21N3O2S2/c1-11(12-8-6-7-9-13(12)23-5)21(4)17(22)15-10-14-16(24-15)19-18(25-14)20(2)3/h6-11H,1-5H3/t11-/m0/s1. The van der Waals surface area contributed by atoms with Crippen molar-refractivity contribution in [2.24, 2.45) is 0 Å². The molecule has 2 aromatic heterocycles. The summed E-state index contributed by atoms with van der Waals surface area (Å²) in [4.78, 5) is 22.8. The fourth-order valence-electron chi connectivity index (χ4n) is 2.59. The van der Waals surface area contributed by atoms with Gasteiger partial charge in [-0.15, -0.1) is 11.3 Å². The molecule has 0 N–H and O–H groups in total. The molecule has 0 aliphatic rings. The van der Waals surface area contributed by atoms with Crippen LogP contribution in [0, 0.1) is 0 Å². The summed E-state index contributed by atoms with van der Waals surface area (Å²) in [5, 5.41) is 0.955. The topological polar surface area (TPSA) is 45.7 Å². The lowest BCUT2D eigenvalue weighted by Crippen LogP contribution is -2.29. The molecule has 0 unspecified atom stereocenters. The minimum atomic E-state index is -0.0888. The van der Waals surface area contributed by atoms with Gasteiger partial charge in [0, 0.05) is 26.7 Å². The molecule has 0 fully saturated rings. The van der Waals surface area contributed by atoms with E-state index in [2.05, 4.69) is 4.98 Å². The number of carbonyl (C=O) groups excluding carboxylic acids is 1. The lowest BCUT2D eigenvalue weighted by Gasteiger charge is -2.26. The number of benzene rings is 1. The van der Waals surface area contributed by atoms with Gasteiger partial charge in [0.15, 0.2) is 5.13 Å². The molecule has 0 saturated carbocycles. The first-order valence-corrected chi connectivity index (χ1v) is 9.53. The first kappa shape index (κ1) is 17.7. The minimum absolute atomic E-state index is 0.00000850. The number of rotatable bonds is 5. The molecule has 3 rings (SSSR count). The molecular formula is C18H21N3O2S2. The van der Waals surface area contributed by atoms with Gasteiger partial charge in [0.25, 0.3) is 5.91 Å². The average molecular weight is 376 g/mol. The van der Waals surface area contributed by atoms with Crippen LogP contribution >= 0.6 is 22.7 Å². The molecule has 7 heteroatoms. The normalized spacial score (nSPS) is 12.2. The van der Waals surface area contributed by atoms with Gasteiger partial charge in [-0.1, -0.05) is 29.5 Å². The fourth-order valence-corrected chi connectivity index (χ4v) is 4.71. The highest BCUT2D eigenvalue weighted by molar-refractivity contribution is 7.29. The van der Waals surface area contributed by atoms with Gasteiger partial charge in [-0.25, -0.2) is 4.98 Å². The van der Waals surface area contributed by atoms with Crippen molar-refractivity contribution < 1.29 is 9.53 Å². The highest BCUT2D eigenvalue weighted by Gasteiger charge is 2.23. The molecule has 5 nitrogen and oxygen atoms in total. The first-order chi connectivity index (χ1) is 11.9. The number of thiophene rings is 1. The van der Waals surface area contributed by atoms with Gasteiger partial charge in [0.2, 0.25) is 0 Å². The molecule has 3 aromatic rings. The second-order valence-corrected chi connectivity index (χ2v) is 8.04. The van der Waals surface area contributed by atoms with Gasteiger partial charge in [0.05, 0.1) is 22.7 Å². The number of aromatic nitrogens is 1. The van der Waals surface area contributed by atoms with Crippen LogP contribution < -0.4 is 9.64 Å². The molecule has 1 amide bonds. The van der Waals surface area contributed by atoms with Gasteiger partial charge >= 0.3 is 0 Å². The molecule has 1 aromatic carbocycles. The third-order valence-corrected chi connectivity index (χ3v) is 6.48. The van der Waals surface area contributed by atoms with Crippen molar-refractivity contribution in [3.05, 3.63) is 40.8 Å². The highest BCUT2D eigenvalue weighted by Crippen LogP contribution is 2.35. The quantitative estimate of drug-likeness (QED) is 0.668. The van der Waals surface area contributed by atoms with Gasteiger partial charge in [-0.05, 0) is 19.1 Å². The Labute approximate surface area is 155 Å². The Bertz CT molecular complexity index is 869. The highest BCUT2D eigenvalue weighted by atomic mass is 32.1. The van der Waals surface area contributed by atoms with Crippen LogP contribution in [0.1, 0.15) is 28.2 Å². The summed E-state index contributed by atoms with van der Waals surface area (Å²) in [6.07, 6.45) is 0. The zero-order valence-corrected chi connectivity index (χ0v) is 16.6.